The molecule has 8 heteroatoms. The molecule has 1 heterocycles. The van der Waals surface area contributed by atoms with Crippen LogP contribution in [0.4, 0.5) is 13.2 Å². The molecular formula is C19H25F3N4O. The molecule has 148 valence electrons. The van der Waals surface area contributed by atoms with Gasteiger partial charge in [-0.1, -0.05) is 12.1 Å². The second-order valence-corrected chi connectivity index (χ2v) is 6.69. The maximum absolute atomic E-state index is 13.0. The highest BCUT2D eigenvalue weighted by Crippen LogP contribution is 2.33. The number of rotatable bonds is 6. The minimum Gasteiger partial charge on any atom is -0.398 e. The summed E-state index contributed by atoms with van der Waals surface area (Å²) in [6, 6.07) is 3.72. The number of alkyl halides is 3. The van der Waals surface area contributed by atoms with Crippen molar-refractivity contribution in [2.24, 2.45) is 5.73 Å². The molecule has 5 nitrogen and oxygen atoms in total. The number of carbonyl (C=O) groups is 1. The lowest BCUT2D eigenvalue weighted by Crippen LogP contribution is -2.30. The Morgan fingerprint density at radius 1 is 1.33 bits per heavy atom. The van der Waals surface area contributed by atoms with Crippen LogP contribution < -0.4 is 11.1 Å². The summed E-state index contributed by atoms with van der Waals surface area (Å²) in [4.78, 5) is 14.2. The third kappa shape index (κ3) is 6.09. The Hall–Kier alpha value is -2.35. The van der Waals surface area contributed by atoms with Gasteiger partial charge in [0.05, 0.1) is 5.56 Å². The third-order valence-electron chi connectivity index (χ3n) is 4.60. The lowest BCUT2D eigenvalue weighted by molar-refractivity contribution is -0.138. The van der Waals surface area contributed by atoms with Gasteiger partial charge >= 0.3 is 6.18 Å². The van der Waals surface area contributed by atoms with Gasteiger partial charge in [-0.3, -0.25) is 10.2 Å². The van der Waals surface area contributed by atoms with Gasteiger partial charge in [-0.05, 0) is 57.5 Å². The topological polar surface area (TPSA) is 82.2 Å². The number of amidine groups is 1. The molecule has 1 saturated heterocycles. The minimum absolute atomic E-state index is 0.000895. The van der Waals surface area contributed by atoms with Crippen LogP contribution in [0.25, 0.3) is 5.70 Å². The zero-order valence-electron chi connectivity index (χ0n) is 15.3. The molecule has 1 aromatic carbocycles. The summed E-state index contributed by atoms with van der Waals surface area (Å²) in [5.41, 5.74) is 5.28. The smallest absolute Gasteiger partial charge is 0.398 e. The van der Waals surface area contributed by atoms with Crippen molar-refractivity contribution >= 4 is 17.4 Å². The zero-order chi connectivity index (χ0) is 20.0. The van der Waals surface area contributed by atoms with E-state index in [1.807, 2.05) is 0 Å². The molecule has 4 N–H and O–H groups in total. The fourth-order valence-electron chi connectivity index (χ4n) is 3.21. The molecule has 0 saturated carbocycles. The van der Waals surface area contributed by atoms with Crippen LogP contribution in [0.1, 0.15) is 42.4 Å². The monoisotopic (exact) mass is 382 g/mol. The van der Waals surface area contributed by atoms with E-state index in [0.29, 0.717) is 6.42 Å². The van der Waals surface area contributed by atoms with Gasteiger partial charge in [-0.25, -0.2) is 0 Å². The normalized spacial score (nSPS) is 15.8. The number of nitrogens with zero attached hydrogens (tertiary/aromatic N) is 1. The molecule has 0 bridgehead atoms. The first-order valence-corrected chi connectivity index (χ1v) is 8.93. The summed E-state index contributed by atoms with van der Waals surface area (Å²) in [5, 5.41) is 10.2. The molecule has 1 aliphatic rings. The molecular weight excluding hydrogens is 357 g/mol. The highest BCUT2D eigenvalue weighted by Gasteiger charge is 2.33. The highest BCUT2D eigenvalue weighted by molar-refractivity contribution is 6.05. The van der Waals surface area contributed by atoms with Crippen LogP contribution in [-0.4, -0.2) is 36.3 Å². The molecule has 0 aliphatic carbocycles. The SMILES string of the molecule is Cc1c(C(N)=CC(=N)NC(=O)CCCN2CCCC2)cccc1C(F)(F)F. The van der Waals surface area contributed by atoms with Gasteiger partial charge in [-0.2, -0.15) is 13.2 Å². The van der Waals surface area contributed by atoms with Gasteiger partial charge in [-0.15, -0.1) is 0 Å². The van der Waals surface area contributed by atoms with Crippen LogP contribution in [0.2, 0.25) is 0 Å². The van der Waals surface area contributed by atoms with Crippen LogP contribution in [0.15, 0.2) is 24.3 Å². The number of likely N-dealkylation sites (tertiary alicyclic amines) is 1. The van der Waals surface area contributed by atoms with E-state index in [1.54, 1.807) is 0 Å². The second-order valence-electron chi connectivity index (χ2n) is 6.69. The number of benzene rings is 1. The quantitative estimate of drug-likeness (QED) is 0.522. The molecule has 1 fully saturated rings. The average Bonchev–Trinajstić information content (AvgIpc) is 3.07. The van der Waals surface area contributed by atoms with Gasteiger partial charge in [0.15, 0.2) is 0 Å². The lowest BCUT2D eigenvalue weighted by atomic mass is 9.99. The van der Waals surface area contributed by atoms with Crippen molar-refractivity contribution < 1.29 is 18.0 Å². The number of hydrogen-bond donors (Lipinski definition) is 3. The summed E-state index contributed by atoms with van der Waals surface area (Å²) >= 11 is 0. The van der Waals surface area contributed by atoms with E-state index < -0.39 is 11.7 Å². The summed E-state index contributed by atoms with van der Waals surface area (Å²) < 4.78 is 39.0. The summed E-state index contributed by atoms with van der Waals surface area (Å²) in [5.74, 6) is -0.542. The zero-order valence-corrected chi connectivity index (χ0v) is 15.3. The Morgan fingerprint density at radius 2 is 2.00 bits per heavy atom. The maximum Gasteiger partial charge on any atom is 0.416 e. The Balaban J connectivity index is 1.93. The molecule has 0 radical (unpaired) electrons. The fraction of sp³-hybridized carbons (Fsp3) is 0.474. The van der Waals surface area contributed by atoms with Gasteiger partial charge in [0.25, 0.3) is 0 Å². The van der Waals surface area contributed by atoms with Crippen LogP contribution >= 0.6 is 0 Å². The van der Waals surface area contributed by atoms with Gasteiger partial charge < -0.3 is 16.0 Å². The van der Waals surface area contributed by atoms with Crippen molar-refractivity contribution in [2.45, 2.75) is 38.8 Å². The van der Waals surface area contributed by atoms with Crippen LogP contribution in [0.5, 0.6) is 0 Å². The fourth-order valence-corrected chi connectivity index (χ4v) is 3.21. The van der Waals surface area contributed by atoms with Crippen molar-refractivity contribution in [1.82, 2.24) is 10.2 Å². The van der Waals surface area contributed by atoms with E-state index in [4.69, 9.17) is 11.1 Å². The van der Waals surface area contributed by atoms with E-state index in [2.05, 4.69) is 10.2 Å². The Bertz CT molecular complexity index is 722. The molecule has 0 aromatic heterocycles. The maximum atomic E-state index is 13.0. The number of nitrogens with one attached hydrogen (secondary N) is 2. The molecule has 2 rings (SSSR count). The Morgan fingerprint density at radius 3 is 2.63 bits per heavy atom. The first kappa shape index (κ1) is 21.0. The van der Waals surface area contributed by atoms with E-state index in [9.17, 15) is 18.0 Å². The van der Waals surface area contributed by atoms with Crippen molar-refractivity contribution in [3.63, 3.8) is 0 Å². The molecule has 0 spiro atoms. The van der Waals surface area contributed by atoms with E-state index in [1.165, 1.54) is 38.0 Å². The number of carbonyl (C=O) groups excluding carboxylic acids is 1. The molecule has 27 heavy (non-hydrogen) atoms. The standard InChI is InChI=1S/C19H25F3N4O/c1-13-14(6-4-7-15(13)19(20,21)22)16(23)12-17(24)25-18(27)8-5-11-26-9-2-3-10-26/h4,6-7,12H,2-3,5,8-11,23H2,1H3,(H2,24,25,27). The molecule has 1 aliphatic heterocycles. The van der Waals surface area contributed by atoms with Crippen molar-refractivity contribution in [1.29, 1.82) is 5.41 Å². The van der Waals surface area contributed by atoms with E-state index >= 15 is 0 Å². The number of hydrogen-bond acceptors (Lipinski definition) is 4. The number of halogens is 3. The lowest BCUT2D eigenvalue weighted by Gasteiger charge is -2.14. The van der Waals surface area contributed by atoms with Crippen molar-refractivity contribution in [2.75, 3.05) is 19.6 Å². The highest BCUT2D eigenvalue weighted by atomic mass is 19.4. The van der Waals surface area contributed by atoms with Crippen molar-refractivity contribution in [3.05, 3.63) is 41.0 Å². The largest absolute Gasteiger partial charge is 0.416 e. The number of amides is 1. The third-order valence-corrected chi connectivity index (χ3v) is 4.60. The Kier molecular flexibility index (Phi) is 7.01. The molecule has 0 unspecified atom stereocenters. The van der Waals surface area contributed by atoms with Crippen LogP contribution in [0.3, 0.4) is 0 Å². The second kappa shape index (κ2) is 9.03. The first-order valence-electron chi connectivity index (χ1n) is 8.93. The van der Waals surface area contributed by atoms with E-state index in [0.717, 1.165) is 25.7 Å². The molecule has 0 atom stereocenters. The van der Waals surface area contributed by atoms with Crippen LogP contribution in [-0.2, 0) is 11.0 Å². The predicted octanol–water partition coefficient (Wildman–Crippen LogP) is 3.28. The average molecular weight is 382 g/mol. The van der Waals surface area contributed by atoms with Gasteiger partial charge in [0, 0.05) is 23.8 Å². The summed E-state index contributed by atoms with van der Waals surface area (Å²) in [6.07, 6.45) is 0.0598. The van der Waals surface area contributed by atoms with Crippen LogP contribution in [0, 0.1) is 12.3 Å². The Labute approximate surface area is 156 Å². The minimum atomic E-state index is -4.47. The van der Waals surface area contributed by atoms with Gasteiger partial charge in [0.2, 0.25) is 5.91 Å². The molecule has 1 amide bonds. The van der Waals surface area contributed by atoms with E-state index in [-0.39, 0.29) is 35.0 Å². The van der Waals surface area contributed by atoms with Gasteiger partial charge in [0.1, 0.15) is 5.84 Å². The summed E-state index contributed by atoms with van der Waals surface area (Å²) in [6.45, 7) is 4.31. The number of nitrogens with two attached hydrogens (primary N) is 1. The summed E-state index contributed by atoms with van der Waals surface area (Å²) in [7, 11) is 0. The first-order chi connectivity index (χ1) is 12.7. The van der Waals surface area contributed by atoms with Crippen molar-refractivity contribution in [3.8, 4) is 0 Å². The predicted molar refractivity (Wildman–Crippen MR) is 99.1 cm³/mol. The molecule has 1 aromatic rings.